The number of benzene rings is 2. The molecule has 0 unspecified atom stereocenters. The number of nitrogens with zero attached hydrogens (tertiary/aromatic N) is 2. The van der Waals surface area contributed by atoms with Crippen molar-refractivity contribution in [2.24, 2.45) is 0 Å². The first-order valence-corrected chi connectivity index (χ1v) is 8.10. The molecule has 4 rings (SSSR count). The molecule has 0 radical (unpaired) electrons. The second-order valence-electron chi connectivity index (χ2n) is 4.52. The standard InChI is InChI=1S/C16H10N2S2/c1-3-13(15-7-19-9-17-15)6-12-2-4-14(5-11(1)12)16-8-20-10-18-16/h1-10H. The fraction of sp³-hybridized carbons (Fsp3) is 0. The Morgan fingerprint density at radius 2 is 1.15 bits per heavy atom. The van der Waals surface area contributed by atoms with Gasteiger partial charge in [-0.05, 0) is 22.9 Å². The van der Waals surface area contributed by atoms with Gasteiger partial charge in [-0.15, -0.1) is 22.7 Å². The lowest BCUT2D eigenvalue weighted by Crippen LogP contribution is -1.81. The average molecular weight is 294 g/mol. The predicted octanol–water partition coefficient (Wildman–Crippen LogP) is 5.09. The van der Waals surface area contributed by atoms with Crippen LogP contribution < -0.4 is 0 Å². The van der Waals surface area contributed by atoms with Crippen molar-refractivity contribution < 1.29 is 0 Å². The van der Waals surface area contributed by atoms with Gasteiger partial charge in [-0.2, -0.15) is 0 Å². The zero-order valence-electron chi connectivity index (χ0n) is 10.5. The zero-order valence-corrected chi connectivity index (χ0v) is 12.1. The Morgan fingerprint density at radius 3 is 1.55 bits per heavy atom. The molecule has 0 aliphatic heterocycles. The molecule has 0 aliphatic carbocycles. The van der Waals surface area contributed by atoms with Crippen LogP contribution in [-0.2, 0) is 0 Å². The van der Waals surface area contributed by atoms with E-state index >= 15 is 0 Å². The molecule has 2 aromatic carbocycles. The van der Waals surface area contributed by atoms with Crippen LogP contribution in [0.3, 0.4) is 0 Å². The highest BCUT2D eigenvalue weighted by atomic mass is 32.1. The molecule has 0 fully saturated rings. The normalized spacial score (nSPS) is 11.0. The maximum absolute atomic E-state index is 4.36. The summed E-state index contributed by atoms with van der Waals surface area (Å²) in [6.45, 7) is 0. The summed E-state index contributed by atoms with van der Waals surface area (Å²) in [6, 6.07) is 12.9. The second kappa shape index (κ2) is 4.81. The Bertz CT molecular complexity index is 776. The summed E-state index contributed by atoms with van der Waals surface area (Å²) in [7, 11) is 0. The van der Waals surface area contributed by atoms with Gasteiger partial charge in [0.1, 0.15) is 0 Å². The summed E-state index contributed by atoms with van der Waals surface area (Å²) in [4.78, 5) is 8.72. The molecule has 0 saturated heterocycles. The van der Waals surface area contributed by atoms with Gasteiger partial charge >= 0.3 is 0 Å². The van der Waals surface area contributed by atoms with Crippen LogP contribution in [0.2, 0.25) is 0 Å². The highest BCUT2D eigenvalue weighted by Crippen LogP contribution is 2.28. The summed E-state index contributed by atoms with van der Waals surface area (Å²) < 4.78 is 0. The molecule has 0 bridgehead atoms. The Labute approximate surface area is 124 Å². The molecule has 2 nitrogen and oxygen atoms in total. The highest BCUT2D eigenvalue weighted by Gasteiger charge is 2.04. The first kappa shape index (κ1) is 11.8. The van der Waals surface area contributed by atoms with Crippen LogP contribution in [-0.4, -0.2) is 9.97 Å². The molecule has 0 saturated carbocycles. The fourth-order valence-electron chi connectivity index (χ4n) is 2.27. The summed E-state index contributed by atoms with van der Waals surface area (Å²) in [5.74, 6) is 0. The molecule has 0 amide bonds. The van der Waals surface area contributed by atoms with Crippen molar-refractivity contribution in [3.63, 3.8) is 0 Å². The van der Waals surface area contributed by atoms with E-state index in [2.05, 4.69) is 57.1 Å². The zero-order chi connectivity index (χ0) is 13.4. The molecule has 4 aromatic rings. The third kappa shape index (κ3) is 2.03. The lowest BCUT2D eigenvalue weighted by Gasteiger charge is -2.04. The van der Waals surface area contributed by atoms with E-state index in [0.717, 1.165) is 11.4 Å². The van der Waals surface area contributed by atoms with Crippen molar-refractivity contribution in [2.75, 3.05) is 0 Å². The SMILES string of the molecule is c1nc(-c2ccc3cc(-c4cscn4)ccc3c2)cs1. The maximum atomic E-state index is 4.36. The number of aromatic nitrogens is 2. The van der Waals surface area contributed by atoms with Gasteiger partial charge in [0, 0.05) is 21.9 Å². The quantitative estimate of drug-likeness (QED) is 0.515. The summed E-state index contributed by atoms with van der Waals surface area (Å²) in [5, 5.41) is 6.61. The van der Waals surface area contributed by atoms with Crippen LogP contribution in [0.4, 0.5) is 0 Å². The minimum Gasteiger partial charge on any atom is -0.245 e. The molecule has 0 atom stereocenters. The first-order valence-electron chi connectivity index (χ1n) is 6.21. The summed E-state index contributed by atoms with van der Waals surface area (Å²) >= 11 is 3.24. The minimum atomic E-state index is 1.04. The van der Waals surface area contributed by atoms with Gasteiger partial charge in [0.15, 0.2) is 0 Å². The van der Waals surface area contributed by atoms with Crippen molar-refractivity contribution >= 4 is 33.4 Å². The van der Waals surface area contributed by atoms with Gasteiger partial charge in [-0.1, -0.05) is 24.3 Å². The van der Waals surface area contributed by atoms with Crippen molar-refractivity contribution in [3.8, 4) is 22.5 Å². The average Bonchev–Trinajstić information content (AvgIpc) is 3.19. The largest absolute Gasteiger partial charge is 0.245 e. The van der Waals surface area contributed by atoms with Gasteiger partial charge in [0.2, 0.25) is 0 Å². The maximum Gasteiger partial charge on any atom is 0.0811 e. The fourth-order valence-corrected chi connectivity index (χ4v) is 3.40. The van der Waals surface area contributed by atoms with Crippen molar-refractivity contribution in [1.29, 1.82) is 0 Å². The molecule has 4 heteroatoms. The Morgan fingerprint density at radius 1 is 0.650 bits per heavy atom. The lowest BCUT2D eigenvalue weighted by atomic mass is 10.0. The number of thiazole rings is 2. The molecule has 0 spiro atoms. The van der Waals surface area contributed by atoms with Gasteiger partial charge in [-0.3, -0.25) is 0 Å². The van der Waals surface area contributed by atoms with E-state index in [1.165, 1.54) is 21.9 Å². The van der Waals surface area contributed by atoms with Crippen molar-refractivity contribution in [2.45, 2.75) is 0 Å². The second-order valence-corrected chi connectivity index (χ2v) is 5.96. The van der Waals surface area contributed by atoms with Crippen LogP contribution >= 0.6 is 22.7 Å². The van der Waals surface area contributed by atoms with E-state index < -0.39 is 0 Å². The number of hydrogen-bond donors (Lipinski definition) is 0. The topological polar surface area (TPSA) is 25.8 Å². The Hall–Kier alpha value is -2.04. The molecule has 0 aliphatic rings. The smallest absolute Gasteiger partial charge is 0.0811 e. The predicted molar refractivity (Wildman–Crippen MR) is 86.2 cm³/mol. The van der Waals surface area contributed by atoms with Crippen LogP contribution in [0, 0.1) is 0 Å². The van der Waals surface area contributed by atoms with E-state index in [4.69, 9.17) is 0 Å². The molecule has 20 heavy (non-hydrogen) atoms. The number of fused-ring (bicyclic) bond motifs is 1. The molecule has 96 valence electrons. The van der Waals surface area contributed by atoms with E-state index in [-0.39, 0.29) is 0 Å². The van der Waals surface area contributed by atoms with Gasteiger partial charge in [-0.25, -0.2) is 9.97 Å². The highest BCUT2D eigenvalue weighted by molar-refractivity contribution is 7.08. The lowest BCUT2D eigenvalue weighted by molar-refractivity contribution is 1.41. The van der Waals surface area contributed by atoms with Crippen LogP contribution in [0.5, 0.6) is 0 Å². The monoisotopic (exact) mass is 294 g/mol. The van der Waals surface area contributed by atoms with Gasteiger partial charge in [0.05, 0.1) is 22.4 Å². The number of rotatable bonds is 2. The van der Waals surface area contributed by atoms with E-state index in [1.54, 1.807) is 22.7 Å². The van der Waals surface area contributed by atoms with E-state index in [9.17, 15) is 0 Å². The Balaban J connectivity index is 1.83. The molecule has 2 heterocycles. The van der Waals surface area contributed by atoms with Crippen LogP contribution in [0.1, 0.15) is 0 Å². The number of hydrogen-bond acceptors (Lipinski definition) is 4. The van der Waals surface area contributed by atoms with Crippen LogP contribution in [0.15, 0.2) is 58.2 Å². The third-order valence-corrected chi connectivity index (χ3v) is 4.47. The van der Waals surface area contributed by atoms with Crippen molar-refractivity contribution in [1.82, 2.24) is 9.97 Å². The Kier molecular flexibility index (Phi) is 2.83. The van der Waals surface area contributed by atoms with E-state index in [1.807, 2.05) is 11.0 Å². The summed E-state index contributed by atoms with van der Waals surface area (Å²) in [6.07, 6.45) is 0. The van der Waals surface area contributed by atoms with Gasteiger partial charge in [0.25, 0.3) is 0 Å². The third-order valence-electron chi connectivity index (χ3n) is 3.30. The van der Waals surface area contributed by atoms with E-state index in [0.29, 0.717) is 0 Å². The molecular weight excluding hydrogens is 284 g/mol. The van der Waals surface area contributed by atoms with Crippen LogP contribution in [0.25, 0.3) is 33.3 Å². The molecule has 2 aromatic heterocycles. The minimum absolute atomic E-state index is 1.04. The van der Waals surface area contributed by atoms with Gasteiger partial charge < -0.3 is 0 Å². The van der Waals surface area contributed by atoms with Crippen molar-refractivity contribution in [3.05, 3.63) is 58.2 Å². The molecule has 0 N–H and O–H groups in total. The first-order chi connectivity index (χ1) is 9.90. The summed E-state index contributed by atoms with van der Waals surface area (Å²) in [5.41, 5.74) is 8.15. The molecular formula is C16H10N2S2.